The van der Waals surface area contributed by atoms with Crippen LogP contribution in [0.5, 0.6) is 0 Å². The fourth-order valence-electron chi connectivity index (χ4n) is 6.95. The van der Waals surface area contributed by atoms with Crippen molar-refractivity contribution >= 4 is 57.2 Å². The number of fused-ring (bicyclic) bond motifs is 2. The number of hydrogen-bond acceptors (Lipinski definition) is 12. The van der Waals surface area contributed by atoms with Crippen molar-refractivity contribution in [3.05, 3.63) is 60.2 Å². The van der Waals surface area contributed by atoms with Crippen LogP contribution >= 0.6 is 0 Å². The molecule has 0 aliphatic carbocycles. The van der Waals surface area contributed by atoms with Gasteiger partial charge in [0, 0.05) is 5.56 Å². The van der Waals surface area contributed by atoms with Gasteiger partial charge in [-0.1, -0.05) is 55.5 Å². The summed E-state index contributed by atoms with van der Waals surface area (Å²) in [5.74, 6) is -4.93. The van der Waals surface area contributed by atoms with Crippen molar-refractivity contribution in [3.63, 3.8) is 0 Å². The minimum atomic E-state index is -1.50. The minimum Gasteiger partial charge on any atom is -0.463 e. The molecule has 0 heterocycles. The van der Waals surface area contributed by atoms with Gasteiger partial charge in [0.05, 0.1) is 28.3 Å². The number of ketones is 1. The molecule has 0 bridgehead atoms. The summed E-state index contributed by atoms with van der Waals surface area (Å²) in [6.07, 6.45) is -1.50. The number of rotatable bonds is 20. The van der Waals surface area contributed by atoms with Crippen molar-refractivity contribution in [2.24, 2.45) is 22.2 Å². The number of benzene rings is 3. The zero-order chi connectivity index (χ0) is 42.8. The first-order valence-electron chi connectivity index (χ1n) is 19.5. The highest BCUT2D eigenvalue weighted by Gasteiger charge is 2.50. The van der Waals surface area contributed by atoms with Gasteiger partial charge in [0.15, 0.2) is 0 Å². The van der Waals surface area contributed by atoms with E-state index in [-0.39, 0.29) is 57.9 Å². The normalized spacial score (nSPS) is 15.1. The van der Waals surface area contributed by atoms with E-state index in [4.69, 9.17) is 23.7 Å². The highest BCUT2D eigenvalue weighted by Crippen LogP contribution is 2.45. The van der Waals surface area contributed by atoms with Crippen LogP contribution in [-0.4, -0.2) is 72.3 Å². The fraction of sp³-hybridized carbons (Fsp3) is 0.556. The van der Waals surface area contributed by atoms with Gasteiger partial charge >= 0.3 is 29.8 Å². The van der Waals surface area contributed by atoms with Crippen LogP contribution in [0.25, 0.3) is 21.5 Å². The predicted octanol–water partition coefficient (Wildman–Crippen LogP) is 7.60. The Hall–Kier alpha value is -4.84. The first-order chi connectivity index (χ1) is 26.5. The lowest BCUT2D eigenvalue weighted by Gasteiger charge is -2.40. The summed E-state index contributed by atoms with van der Waals surface area (Å²) in [4.78, 5) is 79.0. The Labute approximate surface area is 335 Å². The smallest absolute Gasteiger partial charge is 0.313 e. The second-order valence-corrected chi connectivity index (χ2v) is 17.2. The van der Waals surface area contributed by atoms with Gasteiger partial charge in [0.25, 0.3) is 0 Å². The highest BCUT2D eigenvalue weighted by molar-refractivity contribution is 6.02. The maximum Gasteiger partial charge on any atom is 0.313 e. The predicted molar refractivity (Wildman–Crippen MR) is 215 cm³/mol. The zero-order valence-electron chi connectivity index (χ0n) is 35.2. The molecule has 4 atom stereocenters. The van der Waals surface area contributed by atoms with Gasteiger partial charge in [-0.05, 0) is 116 Å². The lowest BCUT2D eigenvalue weighted by Crippen LogP contribution is -2.45. The van der Waals surface area contributed by atoms with E-state index in [1.807, 2.05) is 48.5 Å². The van der Waals surface area contributed by atoms with Gasteiger partial charge < -0.3 is 28.8 Å². The number of aliphatic hydroxyl groups excluding tert-OH is 1. The second kappa shape index (κ2) is 19.5. The van der Waals surface area contributed by atoms with Gasteiger partial charge in [-0.3, -0.25) is 28.8 Å². The maximum atomic E-state index is 14.2. The van der Waals surface area contributed by atoms with E-state index in [1.165, 1.54) is 13.8 Å². The summed E-state index contributed by atoms with van der Waals surface area (Å²) in [5.41, 5.74) is -4.13. The third-order valence-corrected chi connectivity index (χ3v) is 9.95. The molecule has 12 nitrogen and oxygen atoms in total. The van der Waals surface area contributed by atoms with Crippen LogP contribution in [0.2, 0.25) is 0 Å². The number of aliphatic hydroxyl groups is 1. The van der Waals surface area contributed by atoms with E-state index in [9.17, 15) is 33.9 Å². The molecule has 4 unspecified atom stereocenters. The van der Waals surface area contributed by atoms with Crippen LogP contribution in [0, 0.1) is 22.2 Å². The maximum absolute atomic E-state index is 14.2. The van der Waals surface area contributed by atoms with Crippen molar-refractivity contribution in [2.75, 3.05) is 19.8 Å². The van der Waals surface area contributed by atoms with E-state index in [1.54, 1.807) is 55.4 Å². The van der Waals surface area contributed by atoms with E-state index < -0.39 is 70.1 Å². The summed E-state index contributed by atoms with van der Waals surface area (Å²) in [6.45, 7) is 15.2. The molecule has 0 amide bonds. The standard InChI is InChI=1S/C45H60O12/c1-11-44(9,40(51)55-26-30(3)47)28-45(10,41(52)57-42(4,5)6)25-33(38(49)54-21-20-53-37(48)22-29(2)46)24-43(7,8)39(50)56-27-36-34-18-14-12-16-31(34)23-32-17-13-15-19-35(32)36/h12-19,23,30,33,47H,11,20-22,24-28H2,1-10H3. The summed E-state index contributed by atoms with van der Waals surface area (Å²) in [5, 5.41) is 13.6. The number of esters is 5. The first kappa shape index (κ1) is 46.5. The number of Topliss-reactive ketones (excluding diaryl/α,β-unsaturated/α-hetero) is 1. The summed E-state index contributed by atoms with van der Waals surface area (Å²) >= 11 is 0. The molecular formula is C45H60O12. The summed E-state index contributed by atoms with van der Waals surface area (Å²) in [7, 11) is 0. The molecule has 0 saturated carbocycles. The molecule has 3 rings (SSSR count). The van der Waals surface area contributed by atoms with Crippen LogP contribution in [0.1, 0.15) is 107 Å². The third-order valence-electron chi connectivity index (χ3n) is 9.95. The van der Waals surface area contributed by atoms with Gasteiger partial charge in [-0.25, -0.2) is 0 Å². The molecule has 0 spiro atoms. The molecule has 0 saturated heterocycles. The van der Waals surface area contributed by atoms with Gasteiger partial charge in [-0.15, -0.1) is 0 Å². The van der Waals surface area contributed by atoms with Crippen molar-refractivity contribution in [1.82, 2.24) is 0 Å². The summed E-state index contributed by atoms with van der Waals surface area (Å²) in [6, 6.07) is 17.7. The molecule has 57 heavy (non-hydrogen) atoms. The van der Waals surface area contributed by atoms with Crippen LogP contribution in [0.15, 0.2) is 54.6 Å². The van der Waals surface area contributed by atoms with Gasteiger partial charge in [0.1, 0.15) is 44.2 Å². The molecule has 0 aromatic heterocycles. The monoisotopic (exact) mass is 792 g/mol. The molecule has 12 heteroatoms. The Balaban J connectivity index is 1.98. The molecule has 0 radical (unpaired) electrons. The summed E-state index contributed by atoms with van der Waals surface area (Å²) < 4.78 is 27.9. The molecule has 0 aliphatic rings. The first-order valence-corrected chi connectivity index (χ1v) is 19.5. The molecular weight excluding hydrogens is 732 g/mol. The molecule has 3 aromatic carbocycles. The Bertz CT molecular complexity index is 1870. The topological polar surface area (TPSA) is 169 Å². The number of carbonyl (C=O) groups excluding carboxylic acids is 6. The van der Waals surface area contributed by atoms with Crippen molar-refractivity contribution < 1.29 is 57.6 Å². The van der Waals surface area contributed by atoms with Crippen LogP contribution in [-0.2, 0) is 59.1 Å². The fourth-order valence-corrected chi connectivity index (χ4v) is 6.95. The van der Waals surface area contributed by atoms with E-state index in [0.717, 1.165) is 27.1 Å². The third kappa shape index (κ3) is 13.4. The average molecular weight is 793 g/mol. The second-order valence-electron chi connectivity index (χ2n) is 17.2. The molecule has 0 aliphatic heterocycles. The van der Waals surface area contributed by atoms with Crippen molar-refractivity contribution in [2.45, 2.75) is 120 Å². The van der Waals surface area contributed by atoms with E-state index in [2.05, 4.69) is 6.07 Å². The SMILES string of the molecule is CCC(C)(CC(C)(CC(CC(C)(C)C(=O)OCc1c2ccccc2cc2ccccc12)C(=O)OCCOC(=O)CC(C)=O)C(=O)OC(C)(C)C)C(=O)OCC(C)O. The minimum absolute atomic E-state index is 0.0378. The number of hydrogen-bond donors (Lipinski definition) is 1. The van der Waals surface area contributed by atoms with Crippen LogP contribution in [0.4, 0.5) is 0 Å². The van der Waals surface area contributed by atoms with Crippen molar-refractivity contribution in [1.29, 1.82) is 0 Å². The van der Waals surface area contributed by atoms with Crippen LogP contribution < -0.4 is 0 Å². The molecule has 312 valence electrons. The quantitative estimate of drug-likeness (QED) is 0.0392. The number of ether oxygens (including phenoxy) is 5. The Morgan fingerprint density at radius 1 is 0.702 bits per heavy atom. The van der Waals surface area contributed by atoms with Crippen molar-refractivity contribution in [3.8, 4) is 0 Å². The highest BCUT2D eigenvalue weighted by atomic mass is 16.6. The molecule has 1 N–H and O–H groups in total. The van der Waals surface area contributed by atoms with Crippen LogP contribution in [0.3, 0.4) is 0 Å². The number of carbonyl (C=O) groups is 6. The largest absolute Gasteiger partial charge is 0.463 e. The molecule has 3 aromatic rings. The van der Waals surface area contributed by atoms with E-state index >= 15 is 0 Å². The Morgan fingerprint density at radius 2 is 1.26 bits per heavy atom. The Morgan fingerprint density at radius 3 is 1.79 bits per heavy atom. The molecule has 0 fully saturated rings. The Kier molecular flexibility index (Phi) is 16.0. The lowest BCUT2D eigenvalue weighted by molar-refractivity contribution is -0.175. The van der Waals surface area contributed by atoms with Gasteiger partial charge in [-0.2, -0.15) is 0 Å². The average Bonchev–Trinajstić information content (AvgIpc) is 3.12. The van der Waals surface area contributed by atoms with E-state index in [0.29, 0.717) is 0 Å². The van der Waals surface area contributed by atoms with Gasteiger partial charge in [0.2, 0.25) is 0 Å². The lowest BCUT2D eigenvalue weighted by atomic mass is 9.66. The zero-order valence-corrected chi connectivity index (χ0v) is 35.2.